The van der Waals surface area contributed by atoms with Crippen molar-refractivity contribution in [2.45, 2.75) is 44.0 Å². The van der Waals surface area contributed by atoms with E-state index in [1.807, 2.05) is 6.92 Å². The number of aryl methyl sites for hydroxylation is 1. The summed E-state index contributed by atoms with van der Waals surface area (Å²) in [5.41, 5.74) is 5.80. The molecule has 0 aliphatic heterocycles. The predicted octanol–water partition coefficient (Wildman–Crippen LogP) is 1.30. The van der Waals surface area contributed by atoms with E-state index in [0.29, 0.717) is 31.5 Å². The van der Waals surface area contributed by atoms with E-state index in [2.05, 4.69) is 5.10 Å². The second-order valence-corrected chi connectivity index (χ2v) is 7.85. The van der Waals surface area contributed by atoms with Crippen molar-refractivity contribution in [3.05, 3.63) is 6.20 Å². The first-order valence-corrected chi connectivity index (χ1v) is 8.77. The molecule has 0 amide bonds. The molecule has 1 aromatic heterocycles. The van der Waals surface area contributed by atoms with Crippen LogP contribution in [0.2, 0.25) is 0 Å². The summed E-state index contributed by atoms with van der Waals surface area (Å²) in [6.45, 7) is 3.80. The van der Waals surface area contributed by atoms with Crippen LogP contribution in [0.3, 0.4) is 0 Å². The number of hydrogen-bond donors (Lipinski definition) is 1. The molecule has 0 atom stereocenters. The van der Waals surface area contributed by atoms with Crippen molar-refractivity contribution in [2.24, 2.45) is 11.8 Å². The van der Waals surface area contributed by atoms with Gasteiger partial charge in [0.05, 0.1) is 0 Å². The summed E-state index contributed by atoms with van der Waals surface area (Å²) in [4.78, 5) is 0.167. The molecule has 1 heterocycles. The van der Waals surface area contributed by atoms with Gasteiger partial charge in [-0.15, -0.1) is 0 Å². The van der Waals surface area contributed by atoms with Gasteiger partial charge in [0.1, 0.15) is 4.90 Å². The summed E-state index contributed by atoms with van der Waals surface area (Å²) in [7, 11) is -3.51. The molecule has 0 radical (unpaired) electrons. The molecule has 2 saturated carbocycles. The predicted molar refractivity (Wildman–Crippen MR) is 76.5 cm³/mol. The average Bonchev–Trinajstić information content (AvgIpc) is 3.30. The van der Waals surface area contributed by atoms with Crippen LogP contribution in [0.15, 0.2) is 11.1 Å². The van der Waals surface area contributed by atoms with Gasteiger partial charge in [-0.25, -0.2) is 8.42 Å². The summed E-state index contributed by atoms with van der Waals surface area (Å²) >= 11 is 0. The van der Waals surface area contributed by atoms with Gasteiger partial charge in [-0.1, -0.05) is 0 Å². The van der Waals surface area contributed by atoms with Gasteiger partial charge in [0, 0.05) is 25.8 Å². The summed E-state index contributed by atoms with van der Waals surface area (Å²) < 4.78 is 28.8. The van der Waals surface area contributed by atoms with Gasteiger partial charge in [-0.05, 0) is 44.4 Å². The molecular weight excluding hydrogens is 276 g/mol. The number of nitrogens with zero attached hydrogens (tertiary/aromatic N) is 3. The van der Waals surface area contributed by atoms with Crippen molar-refractivity contribution >= 4 is 15.8 Å². The number of sulfonamides is 1. The Labute approximate surface area is 120 Å². The smallest absolute Gasteiger partial charge is 0.248 e. The average molecular weight is 298 g/mol. The topological polar surface area (TPSA) is 81.2 Å². The molecule has 0 aromatic carbocycles. The van der Waals surface area contributed by atoms with Crippen LogP contribution < -0.4 is 5.73 Å². The third kappa shape index (κ3) is 2.83. The minimum atomic E-state index is -3.51. The van der Waals surface area contributed by atoms with Crippen molar-refractivity contribution < 1.29 is 8.42 Å². The number of nitrogen functional groups attached to an aromatic ring is 1. The number of rotatable bonds is 7. The molecule has 0 spiro atoms. The molecule has 2 fully saturated rings. The highest BCUT2D eigenvalue weighted by Crippen LogP contribution is 2.36. The fourth-order valence-corrected chi connectivity index (χ4v) is 4.02. The molecule has 1 aromatic rings. The van der Waals surface area contributed by atoms with Crippen LogP contribution in [0.4, 0.5) is 5.82 Å². The Morgan fingerprint density at radius 1 is 1.30 bits per heavy atom. The fraction of sp³-hybridized carbons (Fsp3) is 0.769. The molecule has 112 valence electrons. The summed E-state index contributed by atoms with van der Waals surface area (Å²) in [5.74, 6) is 1.18. The first kappa shape index (κ1) is 13.9. The highest BCUT2D eigenvalue weighted by Gasteiger charge is 2.37. The monoisotopic (exact) mass is 298 g/mol. The Morgan fingerprint density at radius 3 is 2.25 bits per heavy atom. The summed E-state index contributed by atoms with van der Waals surface area (Å²) in [6, 6.07) is 0. The summed E-state index contributed by atoms with van der Waals surface area (Å²) in [5, 5.41) is 4.06. The molecule has 20 heavy (non-hydrogen) atoms. The van der Waals surface area contributed by atoms with Gasteiger partial charge in [0.2, 0.25) is 10.0 Å². The number of anilines is 1. The highest BCUT2D eigenvalue weighted by atomic mass is 32.2. The van der Waals surface area contributed by atoms with Crippen molar-refractivity contribution in [3.8, 4) is 0 Å². The van der Waals surface area contributed by atoms with E-state index in [-0.39, 0.29) is 10.7 Å². The lowest BCUT2D eigenvalue weighted by Gasteiger charge is -2.21. The number of aromatic nitrogens is 2. The van der Waals surface area contributed by atoms with E-state index >= 15 is 0 Å². The van der Waals surface area contributed by atoms with Crippen LogP contribution in [0.5, 0.6) is 0 Å². The Bertz CT molecular complexity index is 574. The first-order chi connectivity index (χ1) is 9.50. The Balaban J connectivity index is 1.86. The van der Waals surface area contributed by atoms with Crippen LogP contribution in [0.25, 0.3) is 0 Å². The minimum absolute atomic E-state index is 0.114. The van der Waals surface area contributed by atoms with Crippen molar-refractivity contribution in [3.63, 3.8) is 0 Å². The third-order valence-electron chi connectivity index (χ3n) is 4.01. The van der Waals surface area contributed by atoms with Crippen molar-refractivity contribution in [2.75, 3.05) is 18.8 Å². The lowest BCUT2D eigenvalue weighted by atomic mass is 10.4. The molecule has 7 heteroatoms. The van der Waals surface area contributed by atoms with E-state index < -0.39 is 10.0 Å². The molecule has 0 bridgehead atoms. The van der Waals surface area contributed by atoms with Gasteiger partial charge >= 0.3 is 0 Å². The second kappa shape index (κ2) is 5.04. The minimum Gasteiger partial charge on any atom is -0.381 e. The van der Waals surface area contributed by atoms with Crippen molar-refractivity contribution in [1.82, 2.24) is 14.1 Å². The molecule has 2 aliphatic carbocycles. The first-order valence-electron chi connectivity index (χ1n) is 7.33. The van der Waals surface area contributed by atoms with Gasteiger partial charge in [-0.3, -0.25) is 4.68 Å². The third-order valence-corrected chi connectivity index (χ3v) is 5.86. The van der Waals surface area contributed by atoms with Gasteiger partial charge in [0.15, 0.2) is 5.82 Å². The largest absolute Gasteiger partial charge is 0.381 e. The molecule has 0 unspecified atom stereocenters. The zero-order valence-electron chi connectivity index (χ0n) is 11.8. The molecule has 6 nitrogen and oxygen atoms in total. The summed E-state index contributed by atoms with van der Waals surface area (Å²) in [6.07, 6.45) is 6.11. The molecule has 3 rings (SSSR count). The fourth-order valence-electron chi connectivity index (χ4n) is 2.37. The molecule has 2 aliphatic rings. The van der Waals surface area contributed by atoms with Gasteiger partial charge in [-0.2, -0.15) is 9.40 Å². The second-order valence-electron chi connectivity index (χ2n) is 5.94. The zero-order valence-corrected chi connectivity index (χ0v) is 12.6. The van der Waals surface area contributed by atoms with Crippen LogP contribution in [0.1, 0.15) is 32.6 Å². The van der Waals surface area contributed by atoms with E-state index in [4.69, 9.17) is 5.73 Å². The quantitative estimate of drug-likeness (QED) is 0.822. The normalized spacial score (nSPS) is 19.7. The van der Waals surface area contributed by atoms with E-state index in [0.717, 1.165) is 25.7 Å². The van der Waals surface area contributed by atoms with Crippen LogP contribution >= 0.6 is 0 Å². The van der Waals surface area contributed by atoms with Gasteiger partial charge in [0.25, 0.3) is 0 Å². The number of nitrogens with two attached hydrogens (primary N) is 1. The standard InChI is InChI=1S/C13H22N4O2S/c1-2-16-9-12(13(14)15-16)20(18,19)17(7-10-3-4-10)8-11-5-6-11/h9-11H,2-8H2,1H3,(H2,14,15). The number of hydrogen-bond acceptors (Lipinski definition) is 4. The maximum absolute atomic E-state index is 12.8. The zero-order chi connectivity index (χ0) is 14.3. The van der Waals surface area contributed by atoms with Crippen LogP contribution in [0, 0.1) is 11.8 Å². The SMILES string of the molecule is CCn1cc(S(=O)(=O)N(CC2CC2)CC2CC2)c(N)n1. The Hall–Kier alpha value is -1.08. The van der Waals surface area contributed by atoms with E-state index in [1.165, 1.54) is 0 Å². The van der Waals surface area contributed by atoms with Crippen LogP contribution in [-0.2, 0) is 16.6 Å². The maximum atomic E-state index is 12.8. The lowest BCUT2D eigenvalue weighted by Crippen LogP contribution is -2.35. The maximum Gasteiger partial charge on any atom is 0.248 e. The Morgan fingerprint density at radius 2 is 1.85 bits per heavy atom. The van der Waals surface area contributed by atoms with E-state index in [9.17, 15) is 8.42 Å². The van der Waals surface area contributed by atoms with E-state index in [1.54, 1.807) is 15.2 Å². The highest BCUT2D eigenvalue weighted by molar-refractivity contribution is 7.89. The molecular formula is C13H22N4O2S. The molecule has 0 saturated heterocycles. The lowest BCUT2D eigenvalue weighted by molar-refractivity contribution is 0.382. The van der Waals surface area contributed by atoms with Crippen molar-refractivity contribution in [1.29, 1.82) is 0 Å². The Kier molecular flexibility index (Phi) is 3.50. The molecule has 2 N–H and O–H groups in total. The van der Waals surface area contributed by atoms with Crippen LogP contribution in [-0.4, -0.2) is 35.6 Å². The van der Waals surface area contributed by atoms with Gasteiger partial charge < -0.3 is 5.73 Å².